The molecule has 1 N–H and O–H groups in total. The van der Waals surface area contributed by atoms with Crippen LogP contribution in [-0.2, 0) is 6.54 Å². The first-order valence-corrected chi connectivity index (χ1v) is 6.39. The van der Waals surface area contributed by atoms with Crippen molar-refractivity contribution in [1.29, 1.82) is 0 Å². The highest BCUT2D eigenvalue weighted by Gasteiger charge is 2.02. The number of aromatic nitrogens is 2. The largest absolute Gasteiger partial charge is 0.350 e. The third kappa shape index (κ3) is 3.47. The maximum atomic E-state index is 13.0. The Morgan fingerprint density at radius 1 is 1.18 bits per heavy atom. The summed E-state index contributed by atoms with van der Waals surface area (Å²) < 4.78 is 14.7. The van der Waals surface area contributed by atoms with Crippen LogP contribution in [0.4, 0.5) is 10.3 Å². The number of anilines is 1. The number of nitrogens with one attached hydrogen (secondary N) is 1. The Hall–Kier alpha value is -1.01. The van der Waals surface area contributed by atoms with Gasteiger partial charge in [-0.3, -0.25) is 0 Å². The van der Waals surface area contributed by atoms with Crippen LogP contribution < -0.4 is 5.32 Å². The maximum absolute atomic E-state index is 13.0. The highest BCUT2D eigenvalue weighted by Crippen LogP contribution is 2.18. The molecule has 88 valence electrons. The van der Waals surface area contributed by atoms with Gasteiger partial charge in [0.2, 0.25) is 5.95 Å². The van der Waals surface area contributed by atoms with Crippen molar-refractivity contribution in [3.8, 4) is 0 Å². The minimum Gasteiger partial charge on any atom is -0.350 e. The molecule has 0 radical (unpaired) electrons. The van der Waals surface area contributed by atoms with Crippen LogP contribution in [0.25, 0.3) is 0 Å². The van der Waals surface area contributed by atoms with Crippen molar-refractivity contribution in [2.45, 2.75) is 6.54 Å². The van der Waals surface area contributed by atoms with Crippen LogP contribution in [0.1, 0.15) is 5.56 Å². The summed E-state index contributed by atoms with van der Waals surface area (Å²) in [6.45, 7) is 0.458. The molecule has 2 rings (SSSR count). The third-order valence-corrected chi connectivity index (χ3v) is 3.25. The van der Waals surface area contributed by atoms with Crippen molar-refractivity contribution in [3.05, 3.63) is 50.9 Å². The van der Waals surface area contributed by atoms with Crippen LogP contribution in [0.3, 0.4) is 0 Å². The first kappa shape index (κ1) is 12.4. The molecule has 0 saturated heterocycles. The summed E-state index contributed by atoms with van der Waals surface area (Å²) in [5.74, 6) is 0.242. The number of rotatable bonds is 3. The monoisotopic (exact) mass is 359 g/mol. The minimum atomic E-state index is -0.262. The van der Waals surface area contributed by atoms with E-state index in [1.165, 1.54) is 12.1 Å². The normalized spacial score (nSPS) is 10.3. The quantitative estimate of drug-likeness (QED) is 0.905. The Morgan fingerprint density at radius 2 is 1.88 bits per heavy atom. The van der Waals surface area contributed by atoms with E-state index in [0.29, 0.717) is 12.5 Å². The molecule has 1 heterocycles. The predicted octanol–water partition coefficient (Wildman–Crippen LogP) is 3.75. The molecule has 0 aliphatic heterocycles. The zero-order valence-electron chi connectivity index (χ0n) is 8.62. The van der Waals surface area contributed by atoms with Gasteiger partial charge in [0.1, 0.15) is 5.82 Å². The molecule has 1 aromatic heterocycles. The fraction of sp³-hybridized carbons (Fsp3) is 0.0909. The molecule has 0 fully saturated rings. The Balaban J connectivity index is 2.07. The summed E-state index contributed by atoms with van der Waals surface area (Å²) in [7, 11) is 0. The van der Waals surface area contributed by atoms with E-state index in [9.17, 15) is 4.39 Å². The molecule has 2 aromatic rings. The lowest BCUT2D eigenvalue weighted by Gasteiger charge is -2.06. The van der Waals surface area contributed by atoms with Gasteiger partial charge in [-0.15, -0.1) is 0 Å². The molecule has 0 amide bonds. The van der Waals surface area contributed by atoms with Gasteiger partial charge in [-0.1, -0.05) is 15.9 Å². The third-order valence-electron chi connectivity index (χ3n) is 2.07. The van der Waals surface area contributed by atoms with Gasteiger partial charge in [0.15, 0.2) is 0 Å². The second-order valence-electron chi connectivity index (χ2n) is 3.31. The summed E-state index contributed by atoms with van der Waals surface area (Å²) in [6, 6.07) is 4.55. The Bertz CT molecular complexity index is 517. The van der Waals surface area contributed by atoms with E-state index in [2.05, 4.69) is 47.1 Å². The molecule has 0 aliphatic carbocycles. The standard InChI is InChI=1S/C11H8Br2FN3/c12-8-5-16-11(17-6-8)15-4-7-3-9(14)1-2-10(7)13/h1-3,5-6H,4H2,(H,15,16,17). The van der Waals surface area contributed by atoms with Crippen molar-refractivity contribution in [2.24, 2.45) is 0 Å². The Morgan fingerprint density at radius 3 is 2.59 bits per heavy atom. The number of hydrogen-bond donors (Lipinski definition) is 1. The second-order valence-corrected chi connectivity index (χ2v) is 5.08. The van der Waals surface area contributed by atoms with Crippen molar-refractivity contribution >= 4 is 37.8 Å². The first-order chi connectivity index (χ1) is 8.15. The van der Waals surface area contributed by atoms with E-state index < -0.39 is 0 Å². The molecular weight excluding hydrogens is 353 g/mol. The fourth-order valence-corrected chi connectivity index (χ4v) is 1.85. The molecule has 0 bridgehead atoms. The molecule has 0 saturated carbocycles. The molecule has 1 aromatic carbocycles. The van der Waals surface area contributed by atoms with E-state index in [1.807, 2.05) is 0 Å². The SMILES string of the molecule is Fc1ccc(Br)c(CNc2ncc(Br)cn2)c1. The summed E-state index contributed by atoms with van der Waals surface area (Å²) in [6.07, 6.45) is 3.30. The maximum Gasteiger partial charge on any atom is 0.222 e. The van der Waals surface area contributed by atoms with Crippen molar-refractivity contribution in [2.75, 3.05) is 5.32 Å². The molecule has 0 aliphatic rings. The molecule has 3 nitrogen and oxygen atoms in total. The zero-order valence-corrected chi connectivity index (χ0v) is 11.8. The van der Waals surface area contributed by atoms with E-state index in [1.54, 1.807) is 18.5 Å². The van der Waals surface area contributed by atoms with E-state index in [0.717, 1.165) is 14.5 Å². The molecule has 0 spiro atoms. The van der Waals surface area contributed by atoms with Gasteiger partial charge in [-0.25, -0.2) is 14.4 Å². The zero-order chi connectivity index (χ0) is 12.3. The summed E-state index contributed by atoms with van der Waals surface area (Å²) in [4.78, 5) is 8.13. The highest BCUT2D eigenvalue weighted by molar-refractivity contribution is 9.10. The molecule has 0 atom stereocenters. The minimum absolute atomic E-state index is 0.262. The van der Waals surface area contributed by atoms with E-state index >= 15 is 0 Å². The molecule has 6 heteroatoms. The summed E-state index contributed by atoms with van der Waals surface area (Å²) in [5.41, 5.74) is 0.816. The summed E-state index contributed by atoms with van der Waals surface area (Å²) >= 11 is 6.61. The van der Waals surface area contributed by atoms with Crippen molar-refractivity contribution < 1.29 is 4.39 Å². The average molecular weight is 361 g/mol. The van der Waals surface area contributed by atoms with Gasteiger partial charge in [-0.05, 0) is 39.7 Å². The van der Waals surface area contributed by atoms with Crippen LogP contribution >= 0.6 is 31.9 Å². The molecular formula is C11H8Br2FN3. The summed E-state index contributed by atoms with van der Waals surface area (Å²) in [5, 5.41) is 3.02. The van der Waals surface area contributed by atoms with Crippen LogP contribution in [-0.4, -0.2) is 9.97 Å². The lowest BCUT2D eigenvalue weighted by molar-refractivity contribution is 0.625. The second kappa shape index (κ2) is 5.55. The number of nitrogens with zero attached hydrogens (tertiary/aromatic N) is 2. The predicted molar refractivity (Wildman–Crippen MR) is 71.2 cm³/mol. The average Bonchev–Trinajstić information content (AvgIpc) is 2.32. The van der Waals surface area contributed by atoms with Crippen LogP contribution in [0.5, 0.6) is 0 Å². The number of hydrogen-bond acceptors (Lipinski definition) is 3. The van der Waals surface area contributed by atoms with E-state index in [4.69, 9.17) is 0 Å². The number of halogens is 3. The van der Waals surface area contributed by atoms with Gasteiger partial charge < -0.3 is 5.32 Å². The molecule has 17 heavy (non-hydrogen) atoms. The first-order valence-electron chi connectivity index (χ1n) is 4.80. The van der Waals surface area contributed by atoms with Crippen molar-refractivity contribution in [1.82, 2.24) is 9.97 Å². The van der Waals surface area contributed by atoms with Crippen LogP contribution in [0.15, 0.2) is 39.5 Å². The smallest absolute Gasteiger partial charge is 0.222 e. The number of benzene rings is 1. The van der Waals surface area contributed by atoms with Crippen molar-refractivity contribution in [3.63, 3.8) is 0 Å². The topological polar surface area (TPSA) is 37.8 Å². The van der Waals surface area contributed by atoms with Crippen LogP contribution in [0, 0.1) is 5.82 Å². The fourth-order valence-electron chi connectivity index (χ4n) is 1.26. The van der Waals surface area contributed by atoms with Gasteiger partial charge >= 0.3 is 0 Å². The van der Waals surface area contributed by atoms with Gasteiger partial charge in [0, 0.05) is 23.4 Å². The lowest BCUT2D eigenvalue weighted by Crippen LogP contribution is -2.04. The highest BCUT2D eigenvalue weighted by atomic mass is 79.9. The lowest BCUT2D eigenvalue weighted by atomic mass is 10.2. The van der Waals surface area contributed by atoms with Crippen LogP contribution in [0.2, 0.25) is 0 Å². The Kier molecular flexibility index (Phi) is 4.06. The van der Waals surface area contributed by atoms with Gasteiger partial charge in [0.05, 0.1) is 4.47 Å². The van der Waals surface area contributed by atoms with E-state index in [-0.39, 0.29) is 5.82 Å². The van der Waals surface area contributed by atoms with Gasteiger partial charge in [0.25, 0.3) is 0 Å². The molecule has 0 unspecified atom stereocenters. The van der Waals surface area contributed by atoms with Gasteiger partial charge in [-0.2, -0.15) is 0 Å². The Labute approximate surface area is 115 Å².